The molecule has 14 heteroatoms. The van der Waals surface area contributed by atoms with Gasteiger partial charge in [0.15, 0.2) is 9.99 Å². The smallest absolute Gasteiger partial charge is 0.355 e. The normalized spacial score (nSPS) is 22.4. The third-order valence-electron chi connectivity index (χ3n) is 6.86. The summed E-state index contributed by atoms with van der Waals surface area (Å²) in [6.07, 6.45) is 4.37. The molecule has 1 aromatic carbocycles. The number of non-ortho nitro benzene ring substituents is 1. The molecule has 2 aliphatic heterocycles. The Balaban J connectivity index is 1.54. The fourth-order valence-corrected chi connectivity index (χ4v) is 7.91. The van der Waals surface area contributed by atoms with E-state index in [1.165, 1.54) is 52.3 Å². The molecule has 2 aliphatic rings. The third kappa shape index (κ3) is 4.20. The molecule has 5 atom stereocenters. The Labute approximate surface area is 228 Å². The maximum absolute atomic E-state index is 13.5. The lowest BCUT2D eigenvalue weighted by atomic mass is 9.77. The third-order valence-corrected chi connectivity index (χ3v) is 9.60. The van der Waals surface area contributed by atoms with Crippen molar-refractivity contribution in [2.24, 2.45) is 11.8 Å². The minimum absolute atomic E-state index is 0.0755. The largest absolute Gasteiger partial charge is 0.610 e. The maximum atomic E-state index is 13.5. The van der Waals surface area contributed by atoms with E-state index in [-0.39, 0.29) is 29.8 Å². The van der Waals surface area contributed by atoms with Crippen molar-refractivity contribution in [3.05, 3.63) is 56.7 Å². The number of aliphatic hydroxyl groups excluding tert-OH is 1. The lowest BCUT2D eigenvalue weighted by Gasteiger charge is -2.46. The van der Waals surface area contributed by atoms with E-state index in [4.69, 9.17) is 4.74 Å². The molecule has 1 fully saturated rings. The number of benzene rings is 1. The summed E-state index contributed by atoms with van der Waals surface area (Å²) in [5.74, 6) is -1.98. The Hall–Kier alpha value is -2.91. The van der Waals surface area contributed by atoms with Crippen LogP contribution in [0.25, 0.3) is 10.4 Å². The number of fused-ring (bicyclic) bond motifs is 2. The molecule has 1 saturated heterocycles. The molecule has 0 saturated carbocycles. The number of hydrogen-bond donors (Lipinski definition) is 1. The van der Waals surface area contributed by atoms with E-state index in [0.717, 1.165) is 0 Å². The van der Waals surface area contributed by atoms with Crippen LogP contribution in [0, 0.1) is 22.0 Å². The number of imidazole rings is 1. The molecule has 4 heterocycles. The first-order valence-electron chi connectivity index (χ1n) is 11.6. The molecule has 0 bridgehead atoms. The zero-order chi connectivity index (χ0) is 27.5. The highest BCUT2D eigenvalue weighted by molar-refractivity contribution is 7.98. The highest BCUT2D eigenvalue weighted by Crippen LogP contribution is 2.52. The van der Waals surface area contributed by atoms with Gasteiger partial charge in [0.2, 0.25) is 5.91 Å². The number of carbonyl (C=O) groups excluding carboxylic acids is 2. The highest BCUT2D eigenvalue weighted by atomic mass is 32.2. The van der Waals surface area contributed by atoms with Crippen LogP contribution in [0.4, 0.5) is 5.69 Å². The molecule has 0 radical (unpaired) electrons. The molecule has 3 aromatic rings. The number of amides is 1. The summed E-state index contributed by atoms with van der Waals surface area (Å²) in [7, 11) is 0. The van der Waals surface area contributed by atoms with Crippen molar-refractivity contribution in [3.8, 4) is 0 Å². The van der Waals surface area contributed by atoms with E-state index >= 15 is 0 Å². The summed E-state index contributed by atoms with van der Waals surface area (Å²) < 4.78 is 19.8. The molecule has 5 rings (SSSR count). The van der Waals surface area contributed by atoms with Gasteiger partial charge in [0, 0.05) is 41.0 Å². The standard InChI is InChI=1S/C24H24N4O7S3/c1-11-16(15-9-26-22(37-15)20(38(4)34)25-24(26)36-3)19(27-18(11)17(12(2)29)21(27)30)23(31)35-10-13-5-7-14(8-6-13)28(32)33/h5-9,11-12,17-18,29H,10H2,1-4H3/t11-,12+,17+,18+,38?/m0/s1. The first kappa shape index (κ1) is 26.7. The van der Waals surface area contributed by atoms with Crippen LogP contribution in [0.3, 0.4) is 0 Å². The van der Waals surface area contributed by atoms with Gasteiger partial charge in [0.05, 0.1) is 27.9 Å². The number of hydrogen-bond acceptors (Lipinski definition) is 10. The molecule has 0 aliphatic carbocycles. The fourth-order valence-electron chi connectivity index (χ4n) is 5.10. The Morgan fingerprint density at radius 3 is 2.63 bits per heavy atom. The van der Waals surface area contributed by atoms with Crippen LogP contribution in [0.2, 0.25) is 0 Å². The van der Waals surface area contributed by atoms with Crippen LogP contribution in [-0.4, -0.2) is 65.4 Å². The number of carbonyl (C=O) groups is 2. The number of esters is 1. The van der Waals surface area contributed by atoms with E-state index < -0.39 is 40.1 Å². The molecule has 200 valence electrons. The minimum atomic E-state index is -1.33. The Bertz CT molecular complexity index is 1480. The number of aromatic nitrogens is 2. The Kier molecular flexibility index (Phi) is 7.02. The van der Waals surface area contributed by atoms with Gasteiger partial charge in [0.25, 0.3) is 10.7 Å². The van der Waals surface area contributed by atoms with Crippen molar-refractivity contribution >= 4 is 62.2 Å². The number of nitro benzene ring substituents is 1. The summed E-state index contributed by atoms with van der Waals surface area (Å²) in [5.41, 5.74) is 1.22. The molecule has 0 spiro atoms. The van der Waals surface area contributed by atoms with Crippen molar-refractivity contribution in [2.75, 3.05) is 12.5 Å². The Morgan fingerprint density at radius 2 is 2.05 bits per heavy atom. The number of β-lactam (4-membered cyclic amide) rings is 1. The van der Waals surface area contributed by atoms with Crippen LogP contribution in [0.1, 0.15) is 24.3 Å². The topological polar surface area (TPSA) is 150 Å². The zero-order valence-corrected chi connectivity index (χ0v) is 23.3. The van der Waals surface area contributed by atoms with Gasteiger partial charge in [-0.05, 0) is 30.9 Å². The van der Waals surface area contributed by atoms with Crippen LogP contribution in [-0.2, 0) is 32.1 Å². The van der Waals surface area contributed by atoms with Gasteiger partial charge in [-0.25, -0.2) is 4.79 Å². The van der Waals surface area contributed by atoms with Gasteiger partial charge in [-0.1, -0.05) is 18.7 Å². The molecule has 1 amide bonds. The van der Waals surface area contributed by atoms with E-state index in [0.29, 0.717) is 31.0 Å². The highest BCUT2D eigenvalue weighted by Gasteiger charge is 2.60. The molecule has 1 unspecified atom stereocenters. The fraction of sp³-hybridized carbons (Fsp3) is 0.375. The van der Waals surface area contributed by atoms with Crippen LogP contribution in [0.15, 0.2) is 46.3 Å². The molecule has 2 aromatic heterocycles. The van der Waals surface area contributed by atoms with Crippen molar-refractivity contribution in [2.45, 2.75) is 42.8 Å². The number of nitrogens with zero attached hydrogens (tertiary/aromatic N) is 4. The number of nitro groups is 1. The quantitative estimate of drug-likeness (QED) is 0.107. The van der Waals surface area contributed by atoms with E-state index in [2.05, 4.69) is 4.98 Å². The zero-order valence-electron chi connectivity index (χ0n) is 20.8. The predicted molar refractivity (Wildman–Crippen MR) is 142 cm³/mol. The van der Waals surface area contributed by atoms with E-state index in [1.54, 1.807) is 13.2 Å². The SMILES string of the molecule is CSc1nc([S+](C)[O-])c2sc(C3=C(C(=O)OCc4ccc([N+](=O)[O-])cc4)N4C(=O)[C@H]([C@@H](C)O)[C@H]4[C@H]3C)cn12. The summed E-state index contributed by atoms with van der Waals surface area (Å²) in [6, 6.07) is 5.26. The molecular weight excluding hydrogens is 552 g/mol. The molecule has 38 heavy (non-hydrogen) atoms. The van der Waals surface area contributed by atoms with Crippen molar-refractivity contribution in [1.82, 2.24) is 14.3 Å². The van der Waals surface area contributed by atoms with Crippen molar-refractivity contribution in [1.29, 1.82) is 0 Å². The average molecular weight is 577 g/mol. The predicted octanol–water partition coefficient (Wildman–Crippen LogP) is 3.08. The second kappa shape index (κ2) is 10.0. The van der Waals surface area contributed by atoms with Crippen LogP contribution in [0.5, 0.6) is 0 Å². The lowest BCUT2D eigenvalue weighted by Crippen LogP contribution is -2.63. The van der Waals surface area contributed by atoms with Crippen molar-refractivity contribution < 1.29 is 28.9 Å². The van der Waals surface area contributed by atoms with Crippen molar-refractivity contribution in [3.63, 3.8) is 0 Å². The molecule has 1 N–H and O–H groups in total. The van der Waals surface area contributed by atoms with Gasteiger partial charge < -0.3 is 19.3 Å². The van der Waals surface area contributed by atoms with Gasteiger partial charge in [0.1, 0.15) is 18.6 Å². The maximum Gasteiger partial charge on any atom is 0.355 e. The summed E-state index contributed by atoms with van der Waals surface area (Å²) in [6.45, 7) is 3.33. The number of thiazole rings is 1. The number of ether oxygens (including phenoxy) is 1. The van der Waals surface area contributed by atoms with Crippen LogP contribution >= 0.6 is 23.1 Å². The molecular formula is C24H24N4O7S3. The second-order valence-corrected chi connectivity index (χ2v) is 12.2. The monoisotopic (exact) mass is 576 g/mol. The molecule has 11 nitrogen and oxygen atoms in total. The summed E-state index contributed by atoms with van der Waals surface area (Å²) in [4.78, 5) is 44.2. The average Bonchev–Trinajstić information content (AvgIpc) is 3.50. The number of thioether (sulfide) groups is 1. The second-order valence-electron chi connectivity index (χ2n) is 9.14. The number of rotatable bonds is 8. The van der Waals surface area contributed by atoms with E-state index in [9.17, 15) is 29.4 Å². The van der Waals surface area contributed by atoms with E-state index in [1.807, 2.05) is 23.8 Å². The van der Waals surface area contributed by atoms with Gasteiger partial charge in [-0.15, -0.1) is 11.3 Å². The Morgan fingerprint density at radius 1 is 1.37 bits per heavy atom. The van der Waals surface area contributed by atoms with Crippen LogP contribution < -0.4 is 0 Å². The van der Waals surface area contributed by atoms with Gasteiger partial charge in [-0.2, -0.15) is 4.98 Å². The first-order chi connectivity index (χ1) is 18.0. The number of aliphatic hydroxyl groups is 1. The lowest BCUT2D eigenvalue weighted by molar-refractivity contribution is -0.384. The van der Waals surface area contributed by atoms with Gasteiger partial charge in [-0.3, -0.25) is 19.3 Å². The summed E-state index contributed by atoms with van der Waals surface area (Å²) >= 11 is 1.41. The minimum Gasteiger partial charge on any atom is -0.610 e. The first-order valence-corrected chi connectivity index (χ1v) is 15.2. The van der Waals surface area contributed by atoms with Gasteiger partial charge >= 0.3 is 5.97 Å². The summed E-state index contributed by atoms with van der Waals surface area (Å²) in [5, 5.41) is 22.3.